The molecule has 30 heteroatoms. The molecule has 0 aliphatic carbocycles. The number of azo groups is 3. The highest BCUT2D eigenvalue weighted by molar-refractivity contribution is 7.86. The summed E-state index contributed by atoms with van der Waals surface area (Å²) in [6.07, 6.45) is 0. The zero-order valence-corrected chi connectivity index (χ0v) is 36.6. The van der Waals surface area contributed by atoms with Gasteiger partial charge in [0.25, 0.3) is 41.6 Å². The highest BCUT2D eigenvalue weighted by Gasteiger charge is 2.25. The van der Waals surface area contributed by atoms with Crippen LogP contribution in [0.3, 0.4) is 0 Å². The van der Waals surface area contributed by atoms with Crippen molar-refractivity contribution in [2.45, 2.75) is 21.6 Å². The number of aryl methyl sites for hydroxylation is 1. The van der Waals surface area contributed by atoms with E-state index in [0.29, 0.717) is 6.07 Å². The zero-order chi connectivity index (χ0) is 49.0. The number of non-ortho nitro benzene ring substituents is 1. The van der Waals surface area contributed by atoms with E-state index >= 15 is 0 Å². The van der Waals surface area contributed by atoms with Crippen LogP contribution in [0.2, 0.25) is 0 Å². The van der Waals surface area contributed by atoms with Crippen LogP contribution in [0.15, 0.2) is 123 Å². The van der Waals surface area contributed by atoms with Crippen LogP contribution in [0, 0.1) is 17.0 Å². The summed E-state index contributed by atoms with van der Waals surface area (Å²) < 4.78 is 120. The van der Waals surface area contributed by atoms with Gasteiger partial charge in [-0.25, -0.2) is 4.68 Å². The molecule has 1 heterocycles. The average molecular weight is 988 g/mol. The Morgan fingerprint density at radius 1 is 0.672 bits per heavy atom. The lowest BCUT2D eigenvalue weighted by Crippen LogP contribution is -2.14. The van der Waals surface area contributed by atoms with Crippen molar-refractivity contribution in [1.29, 1.82) is 0 Å². The fraction of sp³-hybridized carbons (Fsp3) is 0.162. The number of aromatic nitrogens is 2. The maximum absolute atomic E-state index is 13.5. The number of nitrogens with one attached hydrogen (secondary N) is 1. The Morgan fingerprint density at radius 2 is 1.19 bits per heavy atom. The van der Waals surface area contributed by atoms with Crippen molar-refractivity contribution in [3.05, 3.63) is 99.0 Å². The first kappa shape index (κ1) is 48.9. The summed E-state index contributed by atoms with van der Waals surface area (Å²) in [6, 6.07) is 12.8. The summed E-state index contributed by atoms with van der Waals surface area (Å²) in [5.41, 5.74) is -4.00. The van der Waals surface area contributed by atoms with Gasteiger partial charge in [0.15, 0.2) is 11.4 Å². The summed E-state index contributed by atoms with van der Waals surface area (Å²) in [5, 5.41) is 67.5. The van der Waals surface area contributed by atoms with E-state index in [-0.39, 0.29) is 75.4 Å². The normalized spacial score (nSPS) is 12.5. The number of aromatic amines is 1. The number of fused-ring (bicyclic) bond motifs is 1. The van der Waals surface area contributed by atoms with Crippen LogP contribution < -0.4 is 19.8 Å². The highest BCUT2D eigenvalue weighted by atomic mass is 32.2. The van der Waals surface area contributed by atoms with Gasteiger partial charge in [0.2, 0.25) is 0 Å². The SMILES string of the molecule is COc1ccc(N=Nc2cc(OCCO)c(N=Nc3c(S(=O)(=O)O)cc4cc(-n5[nH]c(C)c(N=Nc6ccc([N+](=O)[O-])cc6S(=O)(=O)O)c5=O)ccc4c3O)cc2OCCO)c(S(=O)(=O)O)c1. The zero-order valence-electron chi connectivity index (χ0n) is 34.1. The molecule has 0 saturated heterocycles. The molecule has 0 aliphatic rings. The summed E-state index contributed by atoms with van der Waals surface area (Å²) >= 11 is 0. The molecule has 0 radical (unpaired) electrons. The highest BCUT2D eigenvalue weighted by Crippen LogP contribution is 2.45. The smallest absolute Gasteiger partial charge is 0.299 e. The van der Waals surface area contributed by atoms with Crippen molar-refractivity contribution in [1.82, 2.24) is 9.78 Å². The van der Waals surface area contributed by atoms with Crippen LogP contribution in [0.4, 0.5) is 39.8 Å². The van der Waals surface area contributed by atoms with Gasteiger partial charge < -0.3 is 29.5 Å². The van der Waals surface area contributed by atoms with E-state index in [2.05, 4.69) is 35.8 Å². The van der Waals surface area contributed by atoms with Gasteiger partial charge in [0.05, 0.1) is 36.6 Å². The molecule has 0 atom stereocenters. The summed E-state index contributed by atoms with van der Waals surface area (Å²) in [7, 11) is -13.8. The Hall–Kier alpha value is -7.58. The van der Waals surface area contributed by atoms with Gasteiger partial charge >= 0.3 is 0 Å². The average Bonchev–Trinajstić information content (AvgIpc) is 3.56. The summed E-state index contributed by atoms with van der Waals surface area (Å²) in [4.78, 5) is 21.2. The van der Waals surface area contributed by atoms with Crippen LogP contribution in [0.25, 0.3) is 16.5 Å². The van der Waals surface area contributed by atoms with Gasteiger partial charge in [-0.3, -0.25) is 33.7 Å². The molecule has 5 aromatic carbocycles. The van der Waals surface area contributed by atoms with Gasteiger partial charge in [0.1, 0.15) is 73.6 Å². The predicted octanol–water partition coefficient (Wildman–Crippen LogP) is 5.98. The topological polar surface area (TPSA) is 407 Å². The van der Waals surface area contributed by atoms with Crippen molar-refractivity contribution < 1.29 is 73.4 Å². The lowest BCUT2D eigenvalue weighted by molar-refractivity contribution is -0.385. The van der Waals surface area contributed by atoms with Crippen molar-refractivity contribution in [3.63, 3.8) is 0 Å². The monoisotopic (exact) mass is 987 g/mol. The van der Waals surface area contributed by atoms with Gasteiger partial charge in [-0.15, -0.1) is 30.7 Å². The number of H-pyrrole nitrogens is 1. The quantitative estimate of drug-likeness (QED) is 0.0225. The molecule has 0 aliphatic heterocycles. The second-order valence-electron chi connectivity index (χ2n) is 13.4. The molecule has 6 rings (SSSR count). The molecule has 1 aromatic heterocycles. The van der Waals surface area contributed by atoms with Crippen molar-refractivity contribution >= 4 is 80.9 Å². The second kappa shape index (κ2) is 19.5. The maximum atomic E-state index is 13.5. The van der Waals surface area contributed by atoms with Crippen LogP contribution in [0.1, 0.15) is 5.69 Å². The Morgan fingerprint density at radius 3 is 1.75 bits per heavy atom. The summed E-state index contributed by atoms with van der Waals surface area (Å²) in [6.45, 7) is -0.351. The number of nitrogens with zero attached hydrogens (tertiary/aromatic N) is 8. The lowest BCUT2D eigenvalue weighted by Gasteiger charge is -2.13. The van der Waals surface area contributed by atoms with Crippen LogP contribution in [0.5, 0.6) is 23.0 Å². The molecular formula is C37H33N9O18S3. The molecule has 352 valence electrons. The van der Waals surface area contributed by atoms with Crippen molar-refractivity contribution in [2.75, 3.05) is 33.5 Å². The number of phenolic OH excluding ortho intramolecular Hbond substituents is 1. The molecule has 7 N–H and O–H groups in total. The molecule has 0 unspecified atom stereocenters. The molecule has 67 heavy (non-hydrogen) atoms. The van der Waals surface area contributed by atoms with E-state index in [4.69, 9.17) is 14.2 Å². The predicted molar refractivity (Wildman–Crippen MR) is 230 cm³/mol. The minimum atomic E-state index is -5.23. The number of methoxy groups -OCH3 is 1. The number of hydrogen-bond acceptors (Lipinski definition) is 21. The third-order valence-electron chi connectivity index (χ3n) is 9.01. The molecule has 0 spiro atoms. The number of benzene rings is 5. The van der Waals surface area contributed by atoms with E-state index in [0.717, 1.165) is 41.1 Å². The first-order valence-corrected chi connectivity index (χ1v) is 22.8. The largest absolute Gasteiger partial charge is 0.505 e. The number of aliphatic hydroxyl groups excluding tert-OH is 2. The number of ether oxygens (including phenoxy) is 3. The third-order valence-corrected chi connectivity index (χ3v) is 11.6. The number of nitro benzene ring substituents is 1. The fourth-order valence-electron chi connectivity index (χ4n) is 5.98. The number of nitro groups is 1. The molecule has 0 amide bonds. The summed E-state index contributed by atoms with van der Waals surface area (Å²) in [5.74, 6) is -1.18. The van der Waals surface area contributed by atoms with Gasteiger partial charge in [0, 0.05) is 35.7 Å². The Kier molecular flexibility index (Phi) is 14.2. The minimum absolute atomic E-state index is 0.00518. The van der Waals surface area contributed by atoms with E-state index in [1.807, 2.05) is 0 Å². The van der Waals surface area contributed by atoms with Gasteiger partial charge in [-0.05, 0) is 54.8 Å². The van der Waals surface area contributed by atoms with E-state index in [1.165, 1.54) is 44.4 Å². The van der Waals surface area contributed by atoms with Crippen LogP contribution >= 0.6 is 0 Å². The number of phenols is 1. The number of hydrogen-bond donors (Lipinski definition) is 7. The molecule has 0 bridgehead atoms. The maximum Gasteiger partial charge on any atom is 0.299 e. The second-order valence-corrected chi connectivity index (χ2v) is 17.6. The Bertz CT molecular complexity index is 3450. The molecular weight excluding hydrogens is 955 g/mol. The van der Waals surface area contributed by atoms with Gasteiger partial charge in [-0.1, -0.05) is 0 Å². The minimum Gasteiger partial charge on any atom is -0.505 e. The Balaban J connectivity index is 1.41. The van der Waals surface area contributed by atoms with Gasteiger partial charge in [-0.2, -0.15) is 25.3 Å². The molecule has 27 nitrogen and oxygen atoms in total. The first-order chi connectivity index (χ1) is 31.5. The molecule has 6 aromatic rings. The number of rotatable bonds is 18. The lowest BCUT2D eigenvalue weighted by atomic mass is 10.1. The number of aliphatic hydroxyl groups is 2. The Labute approximate surface area is 376 Å². The molecule has 0 fully saturated rings. The fourth-order valence-corrected chi connectivity index (χ4v) is 7.92. The van der Waals surface area contributed by atoms with Crippen LogP contribution in [-0.2, 0) is 30.4 Å². The van der Waals surface area contributed by atoms with Crippen LogP contribution in [-0.4, -0.2) is 102 Å². The van der Waals surface area contributed by atoms with E-state index < -0.39 is 91.5 Å². The third kappa shape index (κ3) is 10.9. The van der Waals surface area contributed by atoms with E-state index in [9.17, 15) is 69.1 Å². The number of aromatic hydroxyl groups is 1. The van der Waals surface area contributed by atoms with E-state index in [1.54, 1.807) is 0 Å². The first-order valence-electron chi connectivity index (χ1n) is 18.5. The van der Waals surface area contributed by atoms with Crippen molar-refractivity contribution in [3.8, 4) is 28.7 Å². The standard InChI is InChI=1S/C37H33N9O18S3/c1-19-34(42-39-25-7-4-22(46(51)52)15-31(25)65(53,54)55)37(50)45(44-19)21-3-6-24-20(13-21)14-33(67(59,60)61)35(36(24)49)43-41-28-18-29(63-11-9-47)27(17-30(28)64-12-10-48)40-38-26-8-5-23(62-2)16-32(26)66(56,57)58/h3-8,13-18,44,47-49H,9-12H2,1-2H3,(H,53,54,55)(H,56,57,58)(H,59,60,61). The van der Waals surface area contributed by atoms with Crippen molar-refractivity contribution in [2.24, 2.45) is 30.7 Å². The molecule has 0 saturated carbocycles.